The van der Waals surface area contributed by atoms with Crippen molar-refractivity contribution < 1.29 is 64.3 Å². The van der Waals surface area contributed by atoms with E-state index in [1.54, 1.807) is 0 Å². The Morgan fingerprint density at radius 1 is 1.31 bits per heavy atom. The van der Waals surface area contributed by atoms with Crippen LogP contribution in [0.25, 0.3) is 0 Å². The second kappa shape index (κ2) is 9.21. The Bertz CT molecular complexity index is 637. The lowest BCUT2D eigenvalue weighted by Gasteiger charge is -2.33. The van der Waals surface area contributed by atoms with Gasteiger partial charge in [-0.25, -0.2) is 4.79 Å². The monoisotopic (exact) mass is 432 g/mol. The number of amides is 2. The number of hydrogen-bond acceptors (Lipinski definition) is 9. The molecule has 0 aliphatic carbocycles. The molecule has 1 aliphatic heterocycles. The average Bonchev–Trinajstić information content (AvgIpc) is 2.89. The maximum Gasteiger partial charge on any atom is 0.379 e. The molecule has 11 N–H and O–H groups in total. The summed E-state index contributed by atoms with van der Waals surface area (Å²) in [6, 6.07) is -2.70. The zero-order valence-electron chi connectivity index (χ0n) is 15.2. The van der Waals surface area contributed by atoms with E-state index < -0.39 is 79.1 Å². The number of aliphatic hydroxyl groups excluding tert-OH is 4. The van der Waals surface area contributed by atoms with Crippen molar-refractivity contribution in [1.29, 1.82) is 0 Å². The lowest BCUT2D eigenvalue weighted by molar-refractivity contribution is -0.398. The van der Waals surface area contributed by atoms with Crippen LogP contribution in [0, 0.1) is 0 Å². The highest BCUT2D eigenvalue weighted by Crippen LogP contribution is 2.42. The third-order valence-corrected chi connectivity index (χ3v) is 4.21. The van der Waals surface area contributed by atoms with E-state index in [-0.39, 0.29) is 0 Å². The van der Waals surface area contributed by atoms with Crippen LogP contribution < -0.4 is 16.4 Å². The topological polar surface area (TPSA) is 234 Å². The van der Waals surface area contributed by atoms with Crippen LogP contribution in [0.15, 0.2) is 0 Å². The number of carboxylic acid groups (broad SMARTS) is 1. The molecule has 1 fully saturated rings. The predicted octanol–water partition coefficient (Wildman–Crippen LogP) is -5.90. The van der Waals surface area contributed by atoms with Crippen molar-refractivity contribution in [3.05, 3.63) is 0 Å². The second-order valence-corrected chi connectivity index (χ2v) is 6.55. The number of carbonyl (C=O) groups is 3. The van der Waals surface area contributed by atoms with Gasteiger partial charge in [-0.2, -0.15) is 8.78 Å². The minimum atomic E-state index is -4.94. The number of aliphatic hydroxyl groups is 5. The van der Waals surface area contributed by atoms with Crippen LogP contribution in [0.5, 0.6) is 0 Å². The van der Waals surface area contributed by atoms with Crippen molar-refractivity contribution in [2.45, 2.75) is 55.1 Å². The number of nitrogens with one attached hydrogen (secondary N) is 2. The van der Waals surface area contributed by atoms with E-state index in [1.807, 2.05) is 5.32 Å². The lowest BCUT2D eigenvalue weighted by Crippen LogP contribution is -2.68. The SMILES string of the molecule is C[C@@H]([NH3+])C(=O)N[C@@H](CNC(=O)C(F)(F)[C@]1(O)O[C@@H]([C@@H](O)CO)C(O)C1O)C(=O)O. The highest BCUT2D eigenvalue weighted by atomic mass is 19.3. The maximum atomic E-state index is 14.5. The second-order valence-electron chi connectivity index (χ2n) is 6.55. The minimum absolute atomic E-state index is 0.837. The van der Waals surface area contributed by atoms with Crippen molar-refractivity contribution in [1.82, 2.24) is 10.6 Å². The van der Waals surface area contributed by atoms with Gasteiger partial charge in [0.15, 0.2) is 6.04 Å². The molecule has 1 saturated heterocycles. The van der Waals surface area contributed by atoms with E-state index in [4.69, 9.17) is 10.2 Å². The molecule has 2 amide bonds. The van der Waals surface area contributed by atoms with Gasteiger partial charge in [0, 0.05) is 6.54 Å². The molecular formula is C14H24F2N3O10+. The highest BCUT2D eigenvalue weighted by molar-refractivity contribution is 5.88. The summed E-state index contributed by atoms with van der Waals surface area (Å²) in [5.74, 6) is -13.7. The fourth-order valence-electron chi connectivity index (χ4n) is 2.41. The molecule has 0 aromatic carbocycles. The number of carboxylic acids is 1. The van der Waals surface area contributed by atoms with Crippen molar-refractivity contribution in [3.63, 3.8) is 0 Å². The zero-order valence-corrected chi connectivity index (χ0v) is 15.2. The van der Waals surface area contributed by atoms with Crippen LogP contribution in [0.1, 0.15) is 6.92 Å². The van der Waals surface area contributed by atoms with Crippen molar-refractivity contribution in [2.24, 2.45) is 0 Å². The van der Waals surface area contributed by atoms with Gasteiger partial charge in [-0.05, 0) is 6.92 Å². The van der Waals surface area contributed by atoms with Gasteiger partial charge in [0.05, 0.1) is 6.61 Å². The highest BCUT2D eigenvalue weighted by Gasteiger charge is 2.71. The molecule has 1 rings (SSSR count). The standard InChI is InChI=1S/C14H23F2N3O10/c1-4(17)10(24)19-5(11(25)26)2-18-12(27)13(15,16)14(28)9(23)7(22)8(29-14)6(21)3-20/h4-9,20-23,28H,2-3,17H2,1H3,(H,18,27)(H,19,24)(H,25,26)/p+1/t4-,5+,6+,7?,8+,9?,14-/m1/s1. The van der Waals surface area contributed by atoms with Gasteiger partial charge in [0.25, 0.3) is 17.6 Å². The van der Waals surface area contributed by atoms with E-state index in [1.165, 1.54) is 12.2 Å². The van der Waals surface area contributed by atoms with Gasteiger partial charge < -0.3 is 51.7 Å². The number of hydrogen-bond donors (Lipinski definition) is 9. The Balaban J connectivity index is 2.94. The van der Waals surface area contributed by atoms with E-state index in [2.05, 4.69) is 10.5 Å². The number of carbonyl (C=O) groups excluding carboxylic acids is 2. The molecule has 0 spiro atoms. The van der Waals surface area contributed by atoms with Crippen LogP contribution in [-0.4, -0.2) is 110 Å². The van der Waals surface area contributed by atoms with E-state index in [0.717, 1.165) is 0 Å². The van der Waals surface area contributed by atoms with Crippen molar-refractivity contribution in [2.75, 3.05) is 13.2 Å². The lowest BCUT2D eigenvalue weighted by atomic mass is 9.97. The fraction of sp³-hybridized carbons (Fsp3) is 0.786. The molecule has 15 heteroatoms. The summed E-state index contributed by atoms with van der Waals surface area (Å²) in [5, 5.41) is 60.1. The molecule has 0 radical (unpaired) electrons. The van der Waals surface area contributed by atoms with Crippen molar-refractivity contribution >= 4 is 17.8 Å². The number of halogens is 2. The number of rotatable bonds is 9. The minimum Gasteiger partial charge on any atom is -0.480 e. The molecule has 0 aromatic heterocycles. The molecule has 1 aliphatic rings. The fourth-order valence-corrected chi connectivity index (χ4v) is 2.41. The van der Waals surface area contributed by atoms with Gasteiger partial charge >= 0.3 is 11.9 Å². The largest absolute Gasteiger partial charge is 0.480 e. The number of ether oxygens (including phenoxy) is 1. The van der Waals surface area contributed by atoms with Gasteiger partial charge in [0.1, 0.15) is 30.5 Å². The van der Waals surface area contributed by atoms with E-state index in [9.17, 15) is 43.6 Å². The molecular weight excluding hydrogens is 408 g/mol. The van der Waals surface area contributed by atoms with Crippen LogP contribution in [-0.2, 0) is 19.1 Å². The normalized spacial score (nSPS) is 30.3. The van der Waals surface area contributed by atoms with Crippen molar-refractivity contribution in [3.8, 4) is 0 Å². The Hall–Kier alpha value is -2.01. The average molecular weight is 432 g/mol. The van der Waals surface area contributed by atoms with Gasteiger partial charge in [-0.15, -0.1) is 0 Å². The predicted molar refractivity (Wildman–Crippen MR) is 84.8 cm³/mol. The first kappa shape index (κ1) is 25.0. The molecule has 13 nitrogen and oxygen atoms in total. The van der Waals surface area contributed by atoms with Gasteiger partial charge in [0.2, 0.25) is 0 Å². The molecule has 7 atom stereocenters. The summed E-state index contributed by atoms with van der Waals surface area (Å²) in [6.45, 7) is -0.773. The Kier molecular flexibility index (Phi) is 7.94. The zero-order chi connectivity index (χ0) is 22.7. The van der Waals surface area contributed by atoms with Crippen LogP contribution in [0.3, 0.4) is 0 Å². The summed E-state index contributed by atoms with van der Waals surface area (Å²) in [5.41, 5.74) is 3.34. The van der Waals surface area contributed by atoms with Crippen LogP contribution in [0.2, 0.25) is 0 Å². The summed E-state index contributed by atoms with van der Waals surface area (Å²) in [4.78, 5) is 34.5. The molecule has 0 saturated carbocycles. The summed E-state index contributed by atoms with van der Waals surface area (Å²) < 4.78 is 33.3. The first-order chi connectivity index (χ1) is 13.2. The Morgan fingerprint density at radius 3 is 2.31 bits per heavy atom. The molecule has 0 aromatic rings. The van der Waals surface area contributed by atoms with E-state index in [0.29, 0.717) is 0 Å². The molecule has 168 valence electrons. The first-order valence-electron chi connectivity index (χ1n) is 8.28. The van der Waals surface area contributed by atoms with Crippen LogP contribution in [0.4, 0.5) is 8.78 Å². The summed E-state index contributed by atoms with van der Waals surface area (Å²) in [6.07, 6.45) is -9.08. The smallest absolute Gasteiger partial charge is 0.379 e. The van der Waals surface area contributed by atoms with Crippen LogP contribution >= 0.6 is 0 Å². The molecule has 2 unspecified atom stereocenters. The first-order valence-corrected chi connectivity index (χ1v) is 8.28. The quantitative estimate of drug-likeness (QED) is 0.167. The molecule has 1 heterocycles. The van der Waals surface area contributed by atoms with Gasteiger partial charge in [-0.3, -0.25) is 9.59 Å². The third kappa shape index (κ3) is 4.95. The Labute approximate surface area is 162 Å². The number of quaternary nitrogens is 1. The molecule has 0 bridgehead atoms. The summed E-state index contributed by atoms with van der Waals surface area (Å²) in [7, 11) is 0. The Morgan fingerprint density at radius 2 is 1.86 bits per heavy atom. The van der Waals surface area contributed by atoms with Gasteiger partial charge in [-0.1, -0.05) is 0 Å². The summed E-state index contributed by atoms with van der Waals surface area (Å²) >= 11 is 0. The number of aliphatic carboxylic acids is 1. The number of alkyl halides is 2. The maximum absolute atomic E-state index is 14.5. The third-order valence-electron chi connectivity index (χ3n) is 4.21. The molecule has 29 heavy (non-hydrogen) atoms. The van der Waals surface area contributed by atoms with E-state index >= 15 is 0 Å².